The lowest BCUT2D eigenvalue weighted by Crippen LogP contribution is -2.19. The van der Waals surface area contributed by atoms with Gasteiger partial charge in [0, 0.05) is 10.2 Å². The number of aromatic hydroxyl groups is 1. The lowest BCUT2D eigenvalue weighted by Gasteiger charge is -2.03. The second-order valence-corrected chi connectivity index (χ2v) is 6.31. The number of nitrogens with one attached hydrogen (secondary N) is 1. The summed E-state index contributed by atoms with van der Waals surface area (Å²) in [6, 6.07) is 14.5. The van der Waals surface area contributed by atoms with Gasteiger partial charge in [-0.25, -0.2) is 5.43 Å². The van der Waals surface area contributed by atoms with E-state index in [1.54, 1.807) is 24.3 Å². The van der Waals surface area contributed by atoms with E-state index in [1.165, 1.54) is 18.0 Å². The number of benzene rings is 2. The molecule has 2 N–H and O–H groups in total. The standard InChI is InChI=1S/C16H15BrN2O2S/c17-15-4-2-1-3-13(15)10-22-11-16(21)19-18-9-12-5-7-14(20)8-6-12/h1-9,20H,10-11H2,(H,19,21)/b18-9-. The highest BCUT2D eigenvalue weighted by Gasteiger charge is 2.02. The van der Waals surface area contributed by atoms with Crippen molar-refractivity contribution in [2.24, 2.45) is 5.10 Å². The van der Waals surface area contributed by atoms with Gasteiger partial charge in [-0.2, -0.15) is 5.10 Å². The summed E-state index contributed by atoms with van der Waals surface area (Å²) in [5.74, 6) is 1.15. The summed E-state index contributed by atoms with van der Waals surface area (Å²) in [6.45, 7) is 0. The van der Waals surface area contributed by atoms with Gasteiger partial charge in [0.25, 0.3) is 0 Å². The molecule has 0 fully saturated rings. The molecule has 0 unspecified atom stereocenters. The first-order valence-corrected chi connectivity index (χ1v) is 8.52. The van der Waals surface area contributed by atoms with Crippen LogP contribution in [-0.4, -0.2) is 23.0 Å². The van der Waals surface area contributed by atoms with Crippen LogP contribution in [0.5, 0.6) is 5.75 Å². The Labute approximate surface area is 141 Å². The highest BCUT2D eigenvalue weighted by Crippen LogP contribution is 2.21. The van der Waals surface area contributed by atoms with Gasteiger partial charge in [0.05, 0.1) is 12.0 Å². The van der Waals surface area contributed by atoms with Crippen LogP contribution in [0.1, 0.15) is 11.1 Å². The number of phenols is 1. The average Bonchev–Trinajstić information content (AvgIpc) is 2.51. The minimum Gasteiger partial charge on any atom is -0.508 e. The molecule has 22 heavy (non-hydrogen) atoms. The molecule has 0 heterocycles. The summed E-state index contributed by atoms with van der Waals surface area (Å²) in [6.07, 6.45) is 1.54. The molecule has 0 saturated carbocycles. The van der Waals surface area contributed by atoms with Crippen molar-refractivity contribution < 1.29 is 9.90 Å². The Bertz CT molecular complexity index is 659. The van der Waals surface area contributed by atoms with E-state index < -0.39 is 0 Å². The number of phenolic OH excluding ortho intramolecular Hbond substituents is 1. The first kappa shape index (κ1) is 16.6. The smallest absolute Gasteiger partial charge is 0.250 e. The molecule has 0 spiro atoms. The second-order valence-electron chi connectivity index (χ2n) is 4.47. The molecule has 6 heteroatoms. The molecule has 0 aromatic heterocycles. The summed E-state index contributed by atoms with van der Waals surface area (Å²) in [5.41, 5.74) is 4.45. The minimum atomic E-state index is -0.146. The zero-order valence-electron chi connectivity index (χ0n) is 11.7. The zero-order valence-corrected chi connectivity index (χ0v) is 14.1. The first-order chi connectivity index (χ1) is 10.6. The maximum atomic E-state index is 11.7. The van der Waals surface area contributed by atoms with Crippen molar-refractivity contribution in [2.45, 2.75) is 5.75 Å². The number of halogens is 1. The third kappa shape index (κ3) is 5.54. The van der Waals surface area contributed by atoms with Crippen molar-refractivity contribution in [2.75, 3.05) is 5.75 Å². The SMILES string of the molecule is O=C(CSCc1ccccc1Br)N/N=C\c1ccc(O)cc1. The fourth-order valence-corrected chi connectivity index (χ4v) is 3.07. The molecule has 2 rings (SSSR count). The molecule has 0 bridgehead atoms. The molecule has 2 aromatic carbocycles. The van der Waals surface area contributed by atoms with Gasteiger partial charge in [-0.1, -0.05) is 34.1 Å². The number of nitrogens with zero attached hydrogens (tertiary/aromatic N) is 1. The monoisotopic (exact) mass is 378 g/mol. The van der Waals surface area contributed by atoms with Crippen molar-refractivity contribution in [3.8, 4) is 5.75 Å². The van der Waals surface area contributed by atoms with Crippen molar-refractivity contribution in [3.05, 3.63) is 64.1 Å². The van der Waals surface area contributed by atoms with Crippen LogP contribution in [0.4, 0.5) is 0 Å². The first-order valence-electron chi connectivity index (χ1n) is 6.57. The Morgan fingerprint density at radius 3 is 2.68 bits per heavy atom. The van der Waals surface area contributed by atoms with Crippen LogP contribution < -0.4 is 5.43 Å². The highest BCUT2D eigenvalue weighted by molar-refractivity contribution is 9.10. The Morgan fingerprint density at radius 2 is 1.95 bits per heavy atom. The zero-order chi connectivity index (χ0) is 15.8. The Balaban J connectivity index is 1.72. The molecule has 0 aliphatic heterocycles. The number of thioether (sulfide) groups is 1. The van der Waals surface area contributed by atoms with Gasteiger partial charge >= 0.3 is 0 Å². The number of carbonyl (C=O) groups is 1. The van der Waals surface area contributed by atoms with Crippen molar-refractivity contribution >= 4 is 39.8 Å². The van der Waals surface area contributed by atoms with Crippen LogP contribution in [0.2, 0.25) is 0 Å². The van der Waals surface area contributed by atoms with Gasteiger partial charge in [-0.15, -0.1) is 11.8 Å². The van der Waals surface area contributed by atoms with Crippen molar-refractivity contribution in [3.63, 3.8) is 0 Å². The van der Waals surface area contributed by atoms with Crippen LogP contribution >= 0.6 is 27.7 Å². The molecule has 0 radical (unpaired) electrons. The highest BCUT2D eigenvalue weighted by atomic mass is 79.9. The maximum absolute atomic E-state index is 11.7. The number of hydrogen-bond acceptors (Lipinski definition) is 4. The number of carbonyl (C=O) groups excluding carboxylic acids is 1. The van der Waals surface area contributed by atoms with Crippen molar-refractivity contribution in [1.29, 1.82) is 0 Å². The molecule has 2 aromatic rings. The quantitative estimate of drug-likeness (QED) is 0.596. The molecule has 0 aliphatic carbocycles. The minimum absolute atomic E-state index is 0.146. The summed E-state index contributed by atoms with van der Waals surface area (Å²) in [7, 11) is 0. The average molecular weight is 379 g/mol. The van der Waals surface area contributed by atoms with Gasteiger partial charge in [0.1, 0.15) is 5.75 Å². The van der Waals surface area contributed by atoms with Crippen molar-refractivity contribution in [1.82, 2.24) is 5.43 Å². The lowest BCUT2D eigenvalue weighted by molar-refractivity contribution is -0.118. The van der Waals surface area contributed by atoms with Crippen LogP contribution in [0.25, 0.3) is 0 Å². The summed E-state index contributed by atoms with van der Waals surface area (Å²) < 4.78 is 1.05. The third-order valence-corrected chi connectivity index (χ3v) is 4.50. The molecule has 114 valence electrons. The largest absolute Gasteiger partial charge is 0.508 e. The predicted octanol–water partition coefficient (Wildman–Crippen LogP) is 3.54. The van der Waals surface area contributed by atoms with Crippen LogP contribution in [0.15, 0.2) is 58.1 Å². The molecule has 0 atom stereocenters. The fraction of sp³-hybridized carbons (Fsp3) is 0.125. The Hall–Kier alpha value is -1.79. The van der Waals surface area contributed by atoms with Gasteiger partial charge in [-0.05, 0) is 41.5 Å². The molecular weight excluding hydrogens is 364 g/mol. The summed E-state index contributed by atoms with van der Waals surface area (Å²) >= 11 is 5.01. The lowest BCUT2D eigenvalue weighted by atomic mass is 10.2. The van der Waals surface area contributed by atoms with E-state index in [-0.39, 0.29) is 11.7 Å². The van der Waals surface area contributed by atoms with Gasteiger partial charge < -0.3 is 5.11 Å². The molecule has 1 amide bonds. The second kappa shape index (κ2) is 8.60. The maximum Gasteiger partial charge on any atom is 0.250 e. The molecule has 0 saturated heterocycles. The number of hydrogen-bond donors (Lipinski definition) is 2. The van der Waals surface area contributed by atoms with E-state index in [2.05, 4.69) is 26.5 Å². The molecular formula is C16H15BrN2O2S. The normalized spacial score (nSPS) is 10.8. The Morgan fingerprint density at radius 1 is 1.23 bits per heavy atom. The van der Waals surface area contributed by atoms with Crippen LogP contribution in [0.3, 0.4) is 0 Å². The van der Waals surface area contributed by atoms with E-state index in [0.717, 1.165) is 21.4 Å². The number of hydrazone groups is 1. The van der Waals surface area contributed by atoms with Crippen LogP contribution in [0, 0.1) is 0 Å². The third-order valence-electron chi connectivity index (χ3n) is 2.74. The van der Waals surface area contributed by atoms with Gasteiger partial charge in [0.2, 0.25) is 5.91 Å². The van der Waals surface area contributed by atoms with Crippen LogP contribution in [-0.2, 0) is 10.5 Å². The van der Waals surface area contributed by atoms with E-state index in [0.29, 0.717) is 5.75 Å². The molecule has 0 aliphatic rings. The van der Waals surface area contributed by atoms with E-state index in [4.69, 9.17) is 5.11 Å². The number of rotatable bonds is 6. The van der Waals surface area contributed by atoms with E-state index in [9.17, 15) is 4.79 Å². The van der Waals surface area contributed by atoms with E-state index >= 15 is 0 Å². The Kier molecular flexibility index (Phi) is 6.48. The van der Waals surface area contributed by atoms with Gasteiger partial charge in [-0.3, -0.25) is 4.79 Å². The summed E-state index contributed by atoms with van der Waals surface area (Å²) in [4.78, 5) is 11.7. The predicted molar refractivity (Wildman–Crippen MR) is 94.1 cm³/mol. The molecule has 4 nitrogen and oxygen atoms in total. The summed E-state index contributed by atoms with van der Waals surface area (Å²) in [5, 5.41) is 13.0. The topological polar surface area (TPSA) is 61.7 Å². The fourth-order valence-electron chi connectivity index (χ4n) is 1.64. The van der Waals surface area contributed by atoms with E-state index in [1.807, 2.05) is 24.3 Å². The number of amides is 1. The van der Waals surface area contributed by atoms with Gasteiger partial charge in [0.15, 0.2) is 0 Å².